The maximum absolute atomic E-state index is 5.29. The van der Waals surface area contributed by atoms with Gasteiger partial charge in [-0.05, 0) is 29.8 Å². The summed E-state index contributed by atoms with van der Waals surface area (Å²) in [7, 11) is 1.72. The number of hydrogen-bond donors (Lipinski definition) is 0. The molecule has 3 rings (SSSR count). The summed E-state index contributed by atoms with van der Waals surface area (Å²) in [6, 6.07) is 19.0. The van der Waals surface area contributed by atoms with Gasteiger partial charge < -0.3 is 9.64 Å². The first-order valence-corrected chi connectivity index (χ1v) is 7.50. The summed E-state index contributed by atoms with van der Waals surface area (Å²) in [5, 5.41) is 0. The minimum absolute atomic E-state index is 0. The second kappa shape index (κ2) is 8.06. The Bertz CT molecular complexity index is 568. The van der Waals surface area contributed by atoms with E-state index in [2.05, 4.69) is 58.3 Å². The fraction of sp³-hybridized carbons (Fsp3) is 0.333. The molecule has 1 aliphatic rings. The van der Waals surface area contributed by atoms with E-state index in [0.29, 0.717) is 0 Å². The number of benzene rings is 2. The molecule has 3 nitrogen and oxygen atoms in total. The van der Waals surface area contributed by atoms with Gasteiger partial charge in [0.1, 0.15) is 5.75 Å². The van der Waals surface area contributed by atoms with Gasteiger partial charge in [0.2, 0.25) is 0 Å². The highest BCUT2D eigenvalue weighted by molar-refractivity contribution is 5.85. The van der Waals surface area contributed by atoms with Crippen LogP contribution in [-0.2, 0) is 6.54 Å². The monoisotopic (exact) mass is 318 g/mol. The number of nitrogens with zero attached hydrogens (tertiary/aromatic N) is 2. The lowest BCUT2D eigenvalue weighted by Crippen LogP contribution is -2.45. The SMILES string of the molecule is COc1cccc(CN2CCN(c3ccccc3)CC2)c1.Cl. The van der Waals surface area contributed by atoms with Crippen molar-refractivity contribution in [3.05, 3.63) is 60.2 Å². The van der Waals surface area contributed by atoms with E-state index in [0.717, 1.165) is 38.5 Å². The molecule has 22 heavy (non-hydrogen) atoms. The fourth-order valence-corrected chi connectivity index (χ4v) is 2.83. The first-order chi connectivity index (χ1) is 10.3. The predicted molar refractivity (Wildman–Crippen MR) is 94.2 cm³/mol. The van der Waals surface area contributed by atoms with Gasteiger partial charge in [0.05, 0.1) is 7.11 Å². The van der Waals surface area contributed by atoms with E-state index in [1.807, 2.05) is 6.07 Å². The Morgan fingerprint density at radius 3 is 2.32 bits per heavy atom. The average molecular weight is 319 g/mol. The molecule has 0 amide bonds. The third-order valence-electron chi connectivity index (χ3n) is 4.03. The van der Waals surface area contributed by atoms with Crippen LogP contribution in [0.15, 0.2) is 54.6 Å². The zero-order chi connectivity index (χ0) is 14.5. The van der Waals surface area contributed by atoms with Crippen molar-refractivity contribution in [3.8, 4) is 5.75 Å². The zero-order valence-corrected chi connectivity index (χ0v) is 13.8. The standard InChI is InChI=1S/C18H22N2O.ClH/c1-21-18-9-5-6-16(14-18)15-19-10-12-20(13-11-19)17-7-3-2-4-8-17;/h2-9,14H,10-13,15H2,1H3;1H. The van der Waals surface area contributed by atoms with E-state index in [1.165, 1.54) is 11.3 Å². The smallest absolute Gasteiger partial charge is 0.119 e. The summed E-state index contributed by atoms with van der Waals surface area (Å²) in [5.74, 6) is 0.940. The lowest BCUT2D eigenvalue weighted by Gasteiger charge is -2.36. The van der Waals surface area contributed by atoms with E-state index >= 15 is 0 Å². The lowest BCUT2D eigenvalue weighted by molar-refractivity contribution is 0.249. The number of ether oxygens (including phenoxy) is 1. The summed E-state index contributed by atoms with van der Waals surface area (Å²) >= 11 is 0. The van der Waals surface area contributed by atoms with Crippen LogP contribution in [0.5, 0.6) is 5.75 Å². The molecule has 1 fully saturated rings. The highest BCUT2D eigenvalue weighted by atomic mass is 35.5. The Morgan fingerprint density at radius 2 is 1.64 bits per heavy atom. The number of hydrogen-bond acceptors (Lipinski definition) is 3. The maximum Gasteiger partial charge on any atom is 0.119 e. The number of methoxy groups -OCH3 is 1. The first-order valence-electron chi connectivity index (χ1n) is 7.50. The topological polar surface area (TPSA) is 15.7 Å². The third-order valence-corrected chi connectivity index (χ3v) is 4.03. The molecule has 2 aromatic carbocycles. The predicted octanol–water partition coefficient (Wildman–Crippen LogP) is 3.44. The normalized spacial score (nSPS) is 15.2. The van der Waals surface area contributed by atoms with Gasteiger partial charge in [-0.2, -0.15) is 0 Å². The molecule has 0 unspecified atom stereocenters. The minimum Gasteiger partial charge on any atom is -0.497 e. The van der Waals surface area contributed by atoms with Crippen LogP contribution in [0.1, 0.15) is 5.56 Å². The molecule has 0 atom stereocenters. The Labute approximate surface area is 138 Å². The molecule has 0 bridgehead atoms. The first kappa shape index (κ1) is 16.7. The molecule has 1 heterocycles. The number of rotatable bonds is 4. The van der Waals surface area contributed by atoms with Crippen molar-refractivity contribution >= 4 is 18.1 Å². The minimum atomic E-state index is 0. The molecular formula is C18H23ClN2O. The fourth-order valence-electron chi connectivity index (χ4n) is 2.83. The van der Waals surface area contributed by atoms with Crippen LogP contribution in [-0.4, -0.2) is 38.2 Å². The van der Waals surface area contributed by atoms with Gasteiger partial charge in [0, 0.05) is 38.4 Å². The summed E-state index contributed by atoms with van der Waals surface area (Å²) in [6.07, 6.45) is 0. The van der Waals surface area contributed by atoms with Gasteiger partial charge in [-0.15, -0.1) is 12.4 Å². The van der Waals surface area contributed by atoms with Crippen molar-refractivity contribution in [3.63, 3.8) is 0 Å². The second-order valence-corrected chi connectivity index (χ2v) is 5.45. The van der Waals surface area contributed by atoms with E-state index in [9.17, 15) is 0 Å². The highest BCUT2D eigenvalue weighted by Gasteiger charge is 2.17. The van der Waals surface area contributed by atoms with Crippen LogP contribution in [0.2, 0.25) is 0 Å². The molecule has 1 saturated heterocycles. The number of para-hydroxylation sites is 1. The molecular weight excluding hydrogens is 296 g/mol. The molecule has 0 spiro atoms. The molecule has 0 radical (unpaired) electrons. The maximum atomic E-state index is 5.29. The van der Waals surface area contributed by atoms with Gasteiger partial charge in [0.15, 0.2) is 0 Å². The van der Waals surface area contributed by atoms with Gasteiger partial charge >= 0.3 is 0 Å². The number of anilines is 1. The van der Waals surface area contributed by atoms with Crippen LogP contribution < -0.4 is 9.64 Å². The van der Waals surface area contributed by atoms with Crippen LogP contribution in [0.3, 0.4) is 0 Å². The Balaban J connectivity index is 0.00000176. The van der Waals surface area contributed by atoms with E-state index in [1.54, 1.807) is 7.11 Å². The van der Waals surface area contributed by atoms with Crippen LogP contribution in [0, 0.1) is 0 Å². The highest BCUT2D eigenvalue weighted by Crippen LogP contribution is 2.18. The van der Waals surface area contributed by atoms with E-state index < -0.39 is 0 Å². The van der Waals surface area contributed by atoms with Gasteiger partial charge in [0.25, 0.3) is 0 Å². The van der Waals surface area contributed by atoms with Crippen LogP contribution >= 0.6 is 12.4 Å². The second-order valence-electron chi connectivity index (χ2n) is 5.45. The summed E-state index contributed by atoms with van der Waals surface area (Å²) < 4.78 is 5.29. The number of piperazine rings is 1. The Morgan fingerprint density at radius 1 is 0.909 bits per heavy atom. The Kier molecular flexibility index (Phi) is 6.10. The molecule has 0 N–H and O–H groups in total. The zero-order valence-electron chi connectivity index (χ0n) is 12.9. The quantitative estimate of drug-likeness (QED) is 0.859. The average Bonchev–Trinajstić information content (AvgIpc) is 2.56. The summed E-state index contributed by atoms with van der Waals surface area (Å²) in [4.78, 5) is 4.97. The van der Waals surface area contributed by atoms with Crippen molar-refractivity contribution in [1.82, 2.24) is 4.90 Å². The molecule has 0 saturated carbocycles. The molecule has 4 heteroatoms. The van der Waals surface area contributed by atoms with Crippen molar-refractivity contribution in [2.45, 2.75) is 6.54 Å². The Hall–Kier alpha value is -1.71. The summed E-state index contributed by atoms with van der Waals surface area (Å²) in [5.41, 5.74) is 2.65. The van der Waals surface area contributed by atoms with Crippen LogP contribution in [0.25, 0.3) is 0 Å². The summed E-state index contributed by atoms with van der Waals surface area (Å²) in [6.45, 7) is 5.39. The van der Waals surface area contributed by atoms with E-state index in [4.69, 9.17) is 4.74 Å². The molecule has 0 aliphatic carbocycles. The molecule has 0 aromatic heterocycles. The van der Waals surface area contributed by atoms with E-state index in [-0.39, 0.29) is 12.4 Å². The van der Waals surface area contributed by atoms with Gasteiger partial charge in [-0.3, -0.25) is 4.90 Å². The largest absolute Gasteiger partial charge is 0.497 e. The third kappa shape index (κ3) is 4.15. The lowest BCUT2D eigenvalue weighted by atomic mass is 10.2. The van der Waals surface area contributed by atoms with Crippen molar-refractivity contribution in [2.24, 2.45) is 0 Å². The molecule has 118 valence electrons. The van der Waals surface area contributed by atoms with Crippen LogP contribution in [0.4, 0.5) is 5.69 Å². The van der Waals surface area contributed by atoms with Gasteiger partial charge in [-0.1, -0.05) is 30.3 Å². The van der Waals surface area contributed by atoms with Crippen molar-refractivity contribution < 1.29 is 4.74 Å². The molecule has 1 aliphatic heterocycles. The van der Waals surface area contributed by atoms with Crippen molar-refractivity contribution in [2.75, 3.05) is 38.2 Å². The molecule has 2 aromatic rings. The van der Waals surface area contributed by atoms with Gasteiger partial charge in [-0.25, -0.2) is 0 Å². The van der Waals surface area contributed by atoms with Crippen molar-refractivity contribution in [1.29, 1.82) is 0 Å². The number of halogens is 1.